The number of H-pyrrole nitrogens is 1. The van der Waals surface area contributed by atoms with Crippen molar-refractivity contribution in [3.05, 3.63) is 36.9 Å². The van der Waals surface area contributed by atoms with Gasteiger partial charge in [0.15, 0.2) is 11.5 Å². The highest BCUT2D eigenvalue weighted by molar-refractivity contribution is 5.84. The molecule has 1 aliphatic heterocycles. The minimum atomic E-state index is 0.266. The number of benzene rings is 1. The van der Waals surface area contributed by atoms with Gasteiger partial charge in [-0.3, -0.25) is 4.57 Å². The predicted molar refractivity (Wildman–Crippen MR) is 95.7 cm³/mol. The van der Waals surface area contributed by atoms with E-state index in [0.717, 1.165) is 48.3 Å². The standard InChI is InChI=1S/C17H18N8/c18-11-5-7-24(8-6-11)17-22-15-14(19-9-20-15)16(23-17)25-10-21-12-3-1-2-4-13(12)25/h1-4,9-11H,5-8,18H2,(H,19,20,22,23). The Morgan fingerprint density at radius 2 is 1.92 bits per heavy atom. The second-order valence-electron chi connectivity index (χ2n) is 6.38. The van der Waals surface area contributed by atoms with E-state index in [-0.39, 0.29) is 6.04 Å². The molecule has 0 unspecified atom stereocenters. The molecule has 0 saturated carbocycles. The number of fused-ring (bicyclic) bond motifs is 2. The van der Waals surface area contributed by atoms with Crippen molar-refractivity contribution >= 4 is 28.1 Å². The van der Waals surface area contributed by atoms with Crippen LogP contribution in [0.5, 0.6) is 0 Å². The van der Waals surface area contributed by atoms with E-state index in [9.17, 15) is 0 Å². The summed E-state index contributed by atoms with van der Waals surface area (Å²) in [6.45, 7) is 1.72. The number of aromatic amines is 1. The first-order valence-electron chi connectivity index (χ1n) is 8.44. The molecule has 8 heteroatoms. The number of nitrogens with two attached hydrogens (primary N) is 1. The van der Waals surface area contributed by atoms with Gasteiger partial charge in [-0.15, -0.1) is 0 Å². The maximum atomic E-state index is 6.02. The Bertz CT molecular complexity index is 1040. The summed E-state index contributed by atoms with van der Waals surface area (Å²) in [6.07, 6.45) is 5.34. The van der Waals surface area contributed by atoms with E-state index >= 15 is 0 Å². The van der Waals surface area contributed by atoms with Crippen molar-refractivity contribution in [2.45, 2.75) is 18.9 Å². The number of hydrogen-bond donors (Lipinski definition) is 2. The summed E-state index contributed by atoms with van der Waals surface area (Å²) in [5.74, 6) is 1.46. The van der Waals surface area contributed by atoms with Crippen molar-refractivity contribution in [1.29, 1.82) is 0 Å². The summed E-state index contributed by atoms with van der Waals surface area (Å²) >= 11 is 0. The van der Waals surface area contributed by atoms with Crippen LogP contribution in [0.3, 0.4) is 0 Å². The van der Waals surface area contributed by atoms with Crippen LogP contribution in [-0.2, 0) is 0 Å². The van der Waals surface area contributed by atoms with Gasteiger partial charge < -0.3 is 15.6 Å². The molecule has 4 aromatic rings. The monoisotopic (exact) mass is 334 g/mol. The van der Waals surface area contributed by atoms with Gasteiger partial charge >= 0.3 is 0 Å². The Morgan fingerprint density at radius 1 is 1.08 bits per heavy atom. The fraction of sp³-hybridized carbons (Fsp3) is 0.294. The molecule has 3 aromatic heterocycles. The molecular formula is C17H18N8. The number of imidazole rings is 2. The number of aromatic nitrogens is 6. The second-order valence-corrected chi connectivity index (χ2v) is 6.38. The van der Waals surface area contributed by atoms with Crippen molar-refractivity contribution < 1.29 is 0 Å². The molecule has 0 aliphatic carbocycles. The number of piperidine rings is 1. The SMILES string of the molecule is NC1CCN(c2nc(-n3cnc4ccccc43)c3[nH]cnc3n2)CC1. The molecule has 5 rings (SSSR count). The van der Waals surface area contributed by atoms with Crippen LogP contribution in [0.1, 0.15) is 12.8 Å². The summed E-state index contributed by atoms with van der Waals surface area (Å²) in [5.41, 5.74) is 9.42. The molecule has 0 atom stereocenters. The van der Waals surface area contributed by atoms with Crippen molar-refractivity contribution in [2.75, 3.05) is 18.0 Å². The Hall–Kier alpha value is -3.00. The van der Waals surface area contributed by atoms with Crippen LogP contribution in [0.2, 0.25) is 0 Å². The molecule has 1 aromatic carbocycles. The van der Waals surface area contributed by atoms with E-state index < -0.39 is 0 Å². The Labute approximate surface area is 143 Å². The minimum Gasteiger partial charge on any atom is -0.341 e. The molecule has 8 nitrogen and oxygen atoms in total. The van der Waals surface area contributed by atoms with Gasteiger partial charge in [-0.1, -0.05) is 12.1 Å². The normalized spacial score (nSPS) is 16.1. The quantitative estimate of drug-likeness (QED) is 0.577. The van der Waals surface area contributed by atoms with E-state index in [0.29, 0.717) is 11.6 Å². The smallest absolute Gasteiger partial charge is 0.229 e. The first-order chi connectivity index (χ1) is 12.3. The third-order valence-electron chi connectivity index (χ3n) is 4.76. The zero-order valence-corrected chi connectivity index (χ0v) is 13.6. The lowest BCUT2D eigenvalue weighted by Gasteiger charge is -2.30. The molecule has 126 valence electrons. The summed E-state index contributed by atoms with van der Waals surface area (Å²) in [6, 6.07) is 8.27. The molecule has 1 aliphatic rings. The molecule has 1 fully saturated rings. The van der Waals surface area contributed by atoms with Gasteiger partial charge in [-0.2, -0.15) is 9.97 Å². The van der Waals surface area contributed by atoms with Crippen LogP contribution in [0.4, 0.5) is 5.95 Å². The molecular weight excluding hydrogens is 316 g/mol. The Morgan fingerprint density at radius 3 is 2.80 bits per heavy atom. The first kappa shape index (κ1) is 14.4. The van der Waals surface area contributed by atoms with Crippen molar-refractivity contribution in [1.82, 2.24) is 29.5 Å². The van der Waals surface area contributed by atoms with Gasteiger partial charge in [0, 0.05) is 19.1 Å². The zero-order valence-electron chi connectivity index (χ0n) is 13.6. The van der Waals surface area contributed by atoms with Gasteiger partial charge in [0.25, 0.3) is 0 Å². The third kappa shape index (κ3) is 2.33. The van der Waals surface area contributed by atoms with Crippen molar-refractivity contribution in [3.63, 3.8) is 0 Å². The largest absolute Gasteiger partial charge is 0.341 e. The van der Waals surface area contributed by atoms with Gasteiger partial charge in [-0.25, -0.2) is 9.97 Å². The highest BCUT2D eigenvalue weighted by atomic mass is 15.3. The number of para-hydroxylation sites is 2. The summed E-state index contributed by atoms with van der Waals surface area (Å²) < 4.78 is 1.98. The van der Waals surface area contributed by atoms with Gasteiger partial charge in [0.1, 0.15) is 11.8 Å². The molecule has 25 heavy (non-hydrogen) atoms. The van der Waals surface area contributed by atoms with Crippen LogP contribution in [0.25, 0.3) is 28.0 Å². The second kappa shape index (κ2) is 5.52. The lowest BCUT2D eigenvalue weighted by Crippen LogP contribution is -2.40. The molecule has 0 amide bonds. The number of rotatable bonds is 2. The average molecular weight is 334 g/mol. The minimum absolute atomic E-state index is 0.266. The number of hydrogen-bond acceptors (Lipinski definition) is 6. The average Bonchev–Trinajstić information content (AvgIpc) is 3.28. The van der Waals surface area contributed by atoms with E-state index in [1.807, 2.05) is 28.8 Å². The van der Waals surface area contributed by atoms with Crippen LogP contribution in [0.15, 0.2) is 36.9 Å². The van der Waals surface area contributed by atoms with Crippen LogP contribution in [-0.4, -0.2) is 48.6 Å². The lowest BCUT2D eigenvalue weighted by molar-refractivity contribution is 0.496. The van der Waals surface area contributed by atoms with E-state index in [2.05, 4.69) is 24.8 Å². The molecule has 0 bridgehead atoms. The van der Waals surface area contributed by atoms with Gasteiger partial charge in [0.05, 0.1) is 17.4 Å². The van der Waals surface area contributed by atoms with E-state index in [1.54, 1.807) is 12.7 Å². The van der Waals surface area contributed by atoms with Crippen molar-refractivity contribution in [2.24, 2.45) is 5.73 Å². The molecule has 1 saturated heterocycles. The highest BCUT2D eigenvalue weighted by Gasteiger charge is 2.21. The Balaban J connectivity index is 1.68. The van der Waals surface area contributed by atoms with Crippen LogP contribution < -0.4 is 10.6 Å². The maximum absolute atomic E-state index is 6.02. The summed E-state index contributed by atoms with van der Waals surface area (Å²) in [5, 5.41) is 0. The fourth-order valence-electron chi connectivity index (χ4n) is 3.35. The molecule has 0 spiro atoms. The number of nitrogens with zero attached hydrogens (tertiary/aromatic N) is 6. The predicted octanol–water partition coefficient (Wildman–Crippen LogP) is 1.62. The lowest BCUT2D eigenvalue weighted by atomic mass is 10.1. The number of nitrogens with one attached hydrogen (secondary N) is 1. The topological polar surface area (TPSA) is 102 Å². The van der Waals surface area contributed by atoms with Crippen molar-refractivity contribution in [3.8, 4) is 5.82 Å². The van der Waals surface area contributed by atoms with Gasteiger partial charge in [0.2, 0.25) is 5.95 Å². The molecule has 4 heterocycles. The van der Waals surface area contributed by atoms with Crippen LogP contribution >= 0.6 is 0 Å². The first-order valence-corrected chi connectivity index (χ1v) is 8.44. The summed E-state index contributed by atoms with van der Waals surface area (Å²) in [7, 11) is 0. The molecule has 3 N–H and O–H groups in total. The van der Waals surface area contributed by atoms with Gasteiger partial charge in [-0.05, 0) is 25.0 Å². The van der Waals surface area contributed by atoms with E-state index in [1.165, 1.54) is 0 Å². The van der Waals surface area contributed by atoms with E-state index in [4.69, 9.17) is 10.7 Å². The number of anilines is 1. The zero-order chi connectivity index (χ0) is 16.8. The highest BCUT2D eigenvalue weighted by Crippen LogP contribution is 2.25. The van der Waals surface area contributed by atoms with Crippen LogP contribution in [0, 0.1) is 0 Å². The molecule has 0 radical (unpaired) electrons. The Kier molecular flexibility index (Phi) is 3.17. The fourth-order valence-corrected chi connectivity index (χ4v) is 3.35. The third-order valence-corrected chi connectivity index (χ3v) is 4.76. The summed E-state index contributed by atoms with van der Waals surface area (Å²) in [4.78, 5) is 23.6. The maximum Gasteiger partial charge on any atom is 0.229 e.